The second-order valence-corrected chi connectivity index (χ2v) is 5.07. The zero-order chi connectivity index (χ0) is 11.5. The highest BCUT2D eigenvalue weighted by Gasteiger charge is 2.19. The van der Waals surface area contributed by atoms with Crippen molar-refractivity contribution in [1.82, 2.24) is 9.78 Å². The number of hydrogen-bond donors (Lipinski definition) is 2. The molecule has 1 heterocycles. The topological polar surface area (TPSA) is 55.9 Å². The minimum absolute atomic E-state index is 0.367. The molecule has 1 aromatic heterocycles. The van der Waals surface area contributed by atoms with Gasteiger partial charge in [0.1, 0.15) is 0 Å². The lowest BCUT2D eigenvalue weighted by atomic mass is 9.91. The summed E-state index contributed by atoms with van der Waals surface area (Å²) in [5.41, 5.74) is 7.09. The molecular formula is C12H22N4. The van der Waals surface area contributed by atoms with Gasteiger partial charge in [0.25, 0.3) is 0 Å². The summed E-state index contributed by atoms with van der Waals surface area (Å²) in [6, 6.07) is 1.31. The van der Waals surface area contributed by atoms with E-state index in [1.807, 2.05) is 10.9 Å². The van der Waals surface area contributed by atoms with Crippen LogP contribution in [0.4, 0.5) is 5.69 Å². The van der Waals surface area contributed by atoms with Gasteiger partial charge in [-0.2, -0.15) is 5.10 Å². The molecular weight excluding hydrogens is 200 g/mol. The quantitative estimate of drug-likeness (QED) is 0.824. The van der Waals surface area contributed by atoms with Crippen molar-refractivity contribution in [2.75, 3.05) is 5.32 Å². The molecule has 0 spiro atoms. The number of rotatable bonds is 3. The van der Waals surface area contributed by atoms with E-state index >= 15 is 0 Å². The van der Waals surface area contributed by atoms with Gasteiger partial charge in [-0.05, 0) is 39.5 Å². The SMILES string of the molecule is CC(C)n1cc(NC2CCCC(N)C2)cn1. The summed E-state index contributed by atoms with van der Waals surface area (Å²) in [6.45, 7) is 4.26. The Morgan fingerprint density at radius 3 is 2.94 bits per heavy atom. The Hall–Kier alpha value is -1.03. The van der Waals surface area contributed by atoms with E-state index in [0.29, 0.717) is 18.1 Å². The molecule has 3 N–H and O–H groups in total. The van der Waals surface area contributed by atoms with Gasteiger partial charge in [0.05, 0.1) is 11.9 Å². The van der Waals surface area contributed by atoms with Gasteiger partial charge in [0.2, 0.25) is 0 Å². The van der Waals surface area contributed by atoms with Crippen molar-refractivity contribution >= 4 is 5.69 Å². The fourth-order valence-electron chi connectivity index (χ4n) is 2.29. The second-order valence-electron chi connectivity index (χ2n) is 5.07. The van der Waals surface area contributed by atoms with Crippen molar-refractivity contribution in [3.63, 3.8) is 0 Å². The van der Waals surface area contributed by atoms with Gasteiger partial charge < -0.3 is 11.1 Å². The third kappa shape index (κ3) is 2.76. The molecule has 4 heteroatoms. The highest BCUT2D eigenvalue weighted by Crippen LogP contribution is 2.21. The Kier molecular flexibility index (Phi) is 3.49. The molecule has 1 saturated carbocycles. The molecule has 1 aromatic rings. The summed E-state index contributed by atoms with van der Waals surface area (Å²) in [6.07, 6.45) is 8.68. The first-order valence-electron chi connectivity index (χ1n) is 6.21. The number of nitrogens with one attached hydrogen (secondary N) is 1. The van der Waals surface area contributed by atoms with Crippen molar-refractivity contribution in [2.24, 2.45) is 5.73 Å². The average Bonchev–Trinajstić information content (AvgIpc) is 2.66. The number of nitrogens with zero attached hydrogens (tertiary/aromatic N) is 2. The third-order valence-corrected chi connectivity index (χ3v) is 3.22. The first kappa shape index (κ1) is 11.5. The van der Waals surface area contributed by atoms with Crippen LogP contribution in [0.1, 0.15) is 45.6 Å². The number of aromatic nitrogens is 2. The summed E-state index contributed by atoms with van der Waals surface area (Å²) < 4.78 is 1.98. The van der Waals surface area contributed by atoms with Crippen molar-refractivity contribution < 1.29 is 0 Å². The average molecular weight is 222 g/mol. The lowest BCUT2D eigenvalue weighted by Crippen LogP contribution is -2.34. The Labute approximate surface area is 97.2 Å². The first-order valence-corrected chi connectivity index (χ1v) is 6.21. The van der Waals surface area contributed by atoms with Crippen molar-refractivity contribution in [1.29, 1.82) is 0 Å². The van der Waals surface area contributed by atoms with Crippen LogP contribution in [0, 0.1) is 0 Å². The van der Waals surface area contributed by atoms with E-state index in [0.717, 1.165) is 12.1 Å². The summed E-state index contributed by atoms with van der Waals surface area (Å²) in [5, 5.41) is 7.85. The molecule has 0 amide bonds. The molecule has 0 bridgehead atoms. The van der Waals surface area contributed by atoms with Crippen LogP contribution in [0.2, 0.25) is 0 Å². The van der Waals surface area contributed by atoms with Crippen LogP contribution < -0.4 is 11.1 Å². The molecule has 0 aromatic carbocycles. The molecule has 90 valence electrons. The zero-order valence-electron chi connectivity index (χ0n) is 10.2. The van der Waals surface area contributed by atoms with Gasteiger partial charge in [-0.1, -0.05) is 0 Å². The molecule has 2 atom stereocenters. The first-order chi connectivity index (χ1) is 7.65. The summed E-state index contributed by atoms with van der Waals surface area (Å²) >= 11 is 0. The Balaban J connectivity index is 1.92. The van der Waals surface area contributed by atoms with E-state index in [1.165, 1.54) is 19.3 Å². The molecule has 0 saturated heterocycles. The smallest absolute Gasteiger partial charge is 0.0728 e. The zero-order valence-corrected chi connectivity index (χ0v) is 10.2. The monoisotopic (exact) mass is 222 g/mol. The summed E-state index contributed by atoms with van der Waals surface area (Å²) in [4.78, 5) is 0. The maximum Gasteiger partial charge on any atom is 0.0728 e. The van der Waals surface area contributed by atoms with E-state index in [2.05, 4.69) is 30.5 Å². The van der Waals surface area contributed by atoms with Crippen molar-refractivity contribution in [3.05, 3.63) is 12.4 Å². The fraction of sp³-hybridized carbons (Fsp3) is 0.750. The highest BCUT2D eigenvalue weighted by molar-refractivity contribution is 5.39. The number of anilines is 1. The molecule has 1 aliphatic carbocycles. The fourth-order valence-corrected chi connectivity index (χ4v) is 2.29. The maximum absolute atomic E-state index is 5.97. The van der Waals surface area contributed by atoms with Gasteiger partial charge in [-0.3, -0.25) is 4.68 Å². The number of hydrogen-bond acceptors (Lipinski definition) is 3. The molecule has 2 unspecified atom stereocenters. The Morgan fingerprint density at radius 2 is 2.31 bits per heavy atom. The van der Waals surface area contributed by atoms with Gasteiger partial charge >= 0.3 is 0 Å². The van der Waals surface area contributed by atoms with Gasteiger partial charge in [-0.25, -0.2) is 0 Å². The predicted octanol–water partition coefficient (Wildman–Crippen LogP) is 2.15. The number of nitrogens with two attached hydrogens (primary N) is 1. The van der Waals surface area contributed by atoms with Crippen LogP contribution >= 0.6 is 0 Å². The van der Waals surface area contributed by atoms with Crippen molar-refractivity contribution in [3.8, 4) is 0 Å². The molecule has 16 heavy (non-hydrogen) atoms. The van der Waals surface area contributed by atoms with Crippen LogP contribution in [-0.2, 0) is 0 Å². The molecule has 0 radical (unpaired) electrons. The van der Waals surface area contributed by atoms with Crippen LogP contribution in [0.15, 0.2) is 12.4 Å². The van der Waals surface area contributed by atoms with Gasteiger partial charge in [0.15, 0.2) is 0 Å². The standard InChI is InChI=1S/C12H22N4/c1-9(2)16-8-12(7-14-16)15-11-5-3-4-10(13)6-11/h7-11,15H,3-6,13H2,1-2H3. The molecule has 2 rings (SSSR count). The summed E-state index contributed by atoms with van der Waals surface area (Å²) in [7, 11) is 0. The van der Waals surface area contributed by atoms with E-state index in [9.17, 15) is 0 Å². The van der Waals surface area contributed by atoms with E-state index in [1.54, 1.807) is 0 Å². The maximum atomic E-state index is 5.97. The lowest BCUT2D eigenvalue weighted by Gasteiger charge is -2.27. The van der Waals surface area contributed by atoms with E-state index in [4.69, 9.17) is 5.73 Å². The molecule has 4 nitrogen and oxygen atoms in total. The normalized spacial score (nSPS) is 26.0. The van der Waals surface area contributed by atoms with E-state index < -0.39 is 0 Å². The Morgan fingerprint density at radius 1 is 1.50 bits per heavy atom. The van der Waals surface area contributed by atoms with E-state index in [-0.39, 0.29) is 0 Å². The predicted molar refractivity (Wildman–Crippen MR) is 66.5 cm³/mol. The largest absolute Gasteiger partial charge is 0.380 e. The minimum Gasteiger partial charge on any atom is -0.380 e. The molecule has 1 aliphatic rings. The van der Waals surface area contributed by atoms with Crippen LogP contribution in [0.3, 0.4) is 0 Å². The van der Waals surface area contributed by atoms with Crippen LogP contribution in [-0.4, -0.2) is 21.9 Å². The Bertz CT molecular complexity index is 332. The highest BCUT2D eigenvalue weighted by atomic mass is 15.3. The molecule has 1 fully saturated rings. The van der Waals surface area contributed by atoms with Gasteiger partial charge in [-0.15, -0.1) is 0 Å². The van der Waals surface area contributed by atoms with Crippen LogP contribution in [0.25, 0.3) is 0 Å². The minimum atomic E-state index is 0.367. The van der Waals surface area contributed by atoms with Gasteiger partial charge in [0, 0.05) is 24.3 Å². The van der Waals surface area contributed by atoms with Crippen molar-refractivity contribution in [2.45, 2.75) is 57.7 Å². The van der Waals surface area contributed by atoms with Crippen LogP contribution in [0.5, 0.6) is 0 Å². The summed E-state index contributed by atoms with van der Waals surface area (Å²) in [5.74, 6) is 0. The second kappa shape index (κ2) is 4.87. The lowest BCUT2D eigenvalue weighted by molar-refractivity contribution is 0.409. The molecule has 0 aliphatic heterocycles. The third-order valence-electron chi connectivity index (χ3n) is 3.22.